The summed E-state index contributed by atoms with van der Waals surface area (Å²) in [4.78, 5) is 24.9. The van der Waals surface area contributed by atoms with Gasteiger partial charge in [-0.3, -0.25) is 14.5 Å². The fourth-order valence-electron chi connectivity index (χ4n) is 2.14. The lowest BCUT2D eigenvalue weighted by atomic mass is 10.2. The standard InChI is InChI=1S/C16H13N3O4S/c20-14(21)9-13-15(22)19(11-5-2-1-3-6-11)16(24-13)18-17-10-12-7-4-8-23-12/h1-8,10,13H,9H2,(H,20,21)/b17-10+,18-16+. The zero-order valence-corrected chi connectivity index (χ0v) is 13.2. The van der Waals surface area contributed by atoms with Crippen molar-refractivity contribution in [1.82, 2.24) is 0 Å². The van der Waals surface area contributed by atoms with E-state index in [0.717, 1.165) is 11.8 Å². The maximum Gasteiger partial charge on any atom is 0.305 e. The van der Waals surface area contributed by atoms with Crippen LogP contribution in [0.3, 0.4) is 0 Å². The fourth-order valence-corrected chi connectivity index (χ4v) is 3.22. The molecule has 122 valence electrons. The number of amides is 1. The van der Waals surface area contributed by atoms with Gasteiger partial charge >= 0.3 is 5.97 Å². The van der Waals surface area contributed by atoms with E-state index in [2.05, 4.69) is 10.2 Å². The molecule has 1 aliphatic heterocycles. The lowest BCUT2D eigenvalue weighted by Crippen LogP contribution is -2.32. The number of thioether (sulfide) groups is 1. The number of carbonyl (C=O) groups is 2. The van der Waals surface area contributed by atoms with Gasteiger partial charge in [0.1, 0.15) is 11.0 Å². The summed E-state index contributed by atoms with van der Waals surface area (Å²) in [6.45, 7) is 0. The zero-order valence-electron chi connectivity index (χ0n) is 12.4. The summed E-state index contributed by atoms with van der Waals surface area (Å²) >= 11 is 1.09. The number of nitrogens with zero attached hydrogens (tertiary/aromatic N) is 3. The lowest BCUT2D eigenvalue weighted by Gasteiger charge is -2.15. The molecule has 2 heterocycles. The van der Waals surface area contributed by atoms with E-state index in [-0.39, 0.29) is 12.3 Å². The molecule has 8 heteroatoms. The van der Waals surface area contributed by atoms with Crippen molar-refractivity contribution >= 4 is 40.7 Å². The summed E-state index contributed by atoms with van der Waals surface area (Å²) < 4.78 is 5.12. The number of benzene rings is 1. The molecule has 2 aromatic rings. The molecule has 1 unspecified atom stereocenters. The number of hydrogen-bond acceptors (Lipinski definition) is 6. The summed E-state index contributed by atoms with van der Waals surface area (Å²) in [6, 6.07) is 12.4. The van der Waals surface area contributed by atoms with E-state index < -0.39 is 11.2 Å². The molecule has 1 aromatic carbocycles. The van der Waals surface area contributed by atoms with Crippen LogP contribution in [0.2, 0.25) is 0 Å². The number of anilines is 1. The Morgan fingerprint density at radius 1 is 1.29 bits per heavy atom. The third-order valence-electron chi connectivity index (χ3n) is 3.18. The molecule has 24 heavy (non-hydrogen) atoms. The lowest BCUT2D eigenvalue weighted by molar-refractivity contribution is -0.138. The Kier molecular flexibility index (Phi) is 4.76. The predicted octanol–water partition coefficient (Wildman–Crippen LogP) is 2.59. The Balaban J connectivity index is 1.88. The van der Waals surface area contributed by atoms with Gasteiger partial charge in [-0.25, -0.2) is 0 Å². The Morgan fingerprint density at radius 3 is 2.75 bits per heavy atom. The molecule has 1 saturated heterocycles. The second-order valence-electron chi connectivity index (χ2n) is 4.86. The highest BCUT2D eigenvalue weighted by Crippen LogP contribution is 2.33. The Bertz CT molecular complexity index is 787. The van der Waals surface area contributed by atoms with Gasteiger partial charge in [-0.2, -0.15) is 5.10 Å². The normalized spacial score (nSPS) is 19.5. The number of aliphatic carboxylic acids is 1. The van der Waals surface area contributed by atoms with Crippen molar-refractivity contribution in [3.05, 3.63) is 54.5 Å². The van der Waals surface area contributed by atoms with Crippen molar-refractivity contribution < 1.29 is 19.1 Å². The van der Waals surface area contributed by atoms with Gasteiger partial charge in [-0.1, -0.05) is 30.0 Å². The first-order valence-electron chi connectivity index (χ1n) is 7.07. The highest BCUT2D eigenvalue weighted by Gasteiger charge is 2.40. The van der Waals surface area contributed by atoms with E-state index in [1.54, 1.807) is 36.4 Å². The van der Waals surface area contributed by atoms with Crippen LogP contribution in [0.15, 0.2) is 63.3 Å². The van der Waals surface area contributed by atoms with E-state index in [1.165, 1.54) is 17.4 Å². The largest absolute Gasteiger partial charge is 0.481 e. The second kappa shape index (κ2) is 7.14. The molecule has 1 N–H and O–H groups in total. The minimum absolute atomic E-state index is 0.270. The Hall–Kier alpha value is -2.87. The molecule has 0 bridgehead atoms. The van der Waals surface area contributed by atoms with Crippen molar-refractivity contribution in [2.24, 2.45) is 10.2 Å². The SMILES string of the molecule is O=C(O)CC1S/C(=N/N=C/c2ccco2)N(c2ccccc2)C1=O. The number of para-hydroxylation sites is 1. The van der Waals surface area contributed by atoms with Crippen molar-refractivity contribution in [3.63, 3.8) is 0 Å². The van der Waals surface area contributed by atoms with Crippen LogP contribution in [0, 0.1) is 0 Å². The maximum atomic E-state index is 12.5. The van der Waals surface area contributed by atoms with Gasteiger partial charge in [0.25, 0.3) is 0 Å². The molecule has 0 spiro atoms. The van der Waals surface area contributed by atoms with Crippen LogP contribution < -0.4 is 4.90 Å². The number of carboxylic acids is 1. The molecule has 0 radical (unpaired) electrons. The van der Waals surface area contributed by atoms with Gasteiger partial charge in [0, 0.05) is 0 Å². The molecule has 1 aliphatic rings. The monoisotopic (exact) mass is 343 g/mol. The van der Waals surface area contributed by atoms with Gasteiger partial charge < -0.3 is 9.52 Å². The molecule has 1 aromatic heterocycles. The van der Waals surface area contributed by atoms with E-state index in [4.69, 9.17) is 9.52 Å². The molecule has 0 saturated carbocycles. The van der Waals surface area contributed by atoms with Gasteiger partial charge in [0.15, 0.2) is 5.17 Å². The van der Waals surface area contributed by atoms with Crippen molar-refractivity contribution in [3.8, 4) is 0 Å². The first-order chi connectivity index (χ1) is 11.6. The number of carboxylic acid groups (broad SMARTS) is 1. The maximum absolute atomic E-state index is 12.5. The quantitative estimate of drug-likeness (QED) is 0.665. The van der Waals surface area contributed by atoms with Crippen LogP contribution in [0.1, 0.15) is 12.2 Å². The Labute approximate surface area is 141 Å². The summed E-state index contributed by atoms with van der Waals surface area (Å²) in [5.41, 5.74) is 0.620. The number of hydrogen-bond donors (Lipinski definition) is 1. The first-order valence-corrected chi connectivity index (χ1v) is 7.95. The molecular weight excluding hydrogens is 330 g/mol. The fraction of sp³-hybridized carbons (Fsp3) is 0.125. The highest BCUT2D eigenvalue weighted by molar-refractivity contribution is 8.16. The summed E-state index contributed by atoms with van der Waals surface area (Å²) in [5, 5.41) is 16.6. The van der Waals surface area contributed by atoms with Gasteiger partial charge in [-0.05, 0) is 24.3 Å². The van der Waals surface area contributed by atoms with Crippen LogP contribution in [-0.4, -0.2) is 33.6 Å². The van der Waals surface area contributed by atoms with Crippen LogP contribution in [0.4, 0.5) is 5.69 Å². The minimum Gasteiger partial charge on any atom is -0.481 e. The van der Waals surface area contributed by atoms with E-state index >= 15 is 0 Å². The number of rotatable bonds is 5. The molecule has 1 amide bonds. The molecular formula is C16H13N3O4S. The van der Waals surface area contributed by atoms with E-state index in [9.17, 15) is 9.59 Å². The smallest absolute Gasteiger partial charge is 0.305 e. The van der Waals surface area contributed by atoms with Crippen LogP contribution in [0.25, 0.3) is 0 Å². The summed E-state index contributed by atoms with van der Waals surface area (Å²) in [5.74, 6) is -0.822. The average Bonchev–Trinajstić information content (AvgIpc) is 3.17. The molecule has 0 aliphatic carbocycles. The number of furan rings is 1. The minimum atomic E-state index is -1.03. The van der Waals surface area contributed by atoms with Crippen molar-refractivity contribution in [1.29, 1.82) is 0 Å². The highest BCUT2D eigenvalue weighted by atomic mass is 32.2. The first kappa shape index (κ1) is 16.0. The van der Waals surface area contributed by atoms with E-state index in [0.29, 0.717) is 16.6 Å². The molecule has 7 nitrogen and oxygen atoms in total. The summed E-state index contributed by atoms with van der Waals surface area (Å²) in [6.07, 6.45) is 2.67. The van der Waals surface area contributed by atoms with Crippen molar-refractivity contribution in [2.75, 3.05) is 4.90 Å². The molecule has 1 fully saturated rings. The number of amidine groups is 1. The molecule has 3 rings (SSSR count). The van der Waals surface area contributed by atoms with E-state index in [1.807, 2.05) is 6.07 Å². The molecule has 1 atom stereocenters. The average molecular weight is 343 g/mol. The summed E-state index contributed by atoms with van der Waals surface area (Å²) in [7, 11) is 0. The van der Waals surface area contributed by atoms with Crippen LogP contribution >= 0.6 is 11.8 Å². The topological polar surface area (TPSA) is 95.5 Å². The Morgan fingerprint density at radius 2 is 2.08 bits per heavy atom. The second-order valence-corrected chi connectivity index (χ2v) is 6.03. The van der Waals surface area contributed by atoms with Gasteiger partial charge in [0.05, 0.1) is 24.6 Å². The third-order valence-corrected chi connectivity index (χ3v) is 4.31. The number of carbonyl (C=O) groups excluding carboxylic acids is 1. The third kappa shape index (κ3) is 3.54. The van der Waals surface area contributed by atoms with Crippen LogP contribution in [-0.2, 0) is 9.59 Å². The van der Waals surface area contributed by atoms with Gasteiger partial charge in [0.2, 0.25) is 5.91 Å². The van der Waals surface area contributed by atoms with Gasteiger partial charge in [-0.15, -0.1) is 5.10 Å². The van der Waals surface area contributed by atoms with Crippen LogP contribution in [0.5, 0.6) is 0 Å². The zero-order chi connectivity index (χ0) is 16.9. The predicted molar refractivity (Wildman–Crippen MR) is 91.3 cm³/mol. The van der Waals surface area contributed by atoms with Crippen molar-refractivity contribution in [2.45, 2.75) is 11.7 Å².